The molecule has 0 fully saturated rings. The molecule has 0 bridgehead atoms. The molecule has 0 radical (unpaired) electrons. The number of esters is 2. The van der Waals surface area contributed by atoms with Crippen molar-refractivity contribution in [2.75, 3.05) is 19.5 Å². The molecular formula is C12H16N2O5S. The number of nitrogens with zero attached hydrogens (tertiary/aromatic N) is 2. The third-order valence-electron chi connectivity index (χ3n) is 2.04. The van der Waals surface area contributed by atoms with Crippen LogP contribution in [0.5, 0.6) is 5.75 Å². The summed E-state index contributed by atoms with van der Waals surface area (Å²) >= 11 is 1.36. The lowest BCUT2D eigenvalue weighted by Gasteiger charge is -2.15. The smallest absolute Gasteiger partial charge is 0.359 e. The Bertz CT molecular complexity index is 434. The zero-order chi connectivity index (χ0) is 15.0. The van der Waals surface area contributed by atoms with E-state index in [9.17, 15) is 9.59 Å². The molecule has 0 aromatic carbocycles. The Morgan fingerprint density at radius 3 is 2.05 bits per heavy atom. The molecule has 0 aliphatic heterocycles. The molecule has 7 nitrogen and oxygen atoms in total. The summed E-state index contributed by atoms with van der Waals surface area (Å²) in [7, 11) is 0. The third-order valence-corrected chi connectivity index (χ3v) is 2.62. The lowest BCUT2D eigenvalue weighted by Crippen LogP contribution is -2.38. The minimum Gasteiger partial charge on any atom is -0.464 e. The van der Waals surface area contributed by atoms with Crippen molar-refractivity contribution >= 4 is 23.7 Å². The highest BCUT2D eigenvalue weighted by Crippen LogP contribution is 2.14. The molecule has 8 heteroatoms. The summed E-state index contributed by atoms with van der Waals surface area (Å²) < 4.78 is 14.8. The van der Waals surface area contributed by atoms with Gasteiger partial charge in [0.1, 0.15) is 0 Å². The first-order chi connectivity index (χ1) is 9.62. The van der Waals surface area contributed by atoms with E-state index in [1.807, 2.05) is 6.26 Å². The average molecular weight is 300 g/mol. The predicted octanol–water partition coefficient (Wildman–Crippen LogP) is 1.07. The Kier molecular flexibility index (Phi) is 6.78. The van der Waals surface area contributed by atoms with Gasteiger partial charge in [0.05, 0.1) is 25.6 Å². The molecule has 0 aliphatic rings. The summed E-state index contributed by atoms with van der Waals surface area (Å²) in [4.78, 5) is 31.4. The highest BCUT2D eigenvalue weighted by atomic mass is 32.2. The molecule has 0 atom stereocenters. The lowest BCUT2D eigenvalue weighted by atomic mass is 10.3. The number of thioether (sulfide) groups is 1. The van der Waals surface area contributed by atoms with Crippen molar-refractivity contribution in [1.29, 1.82) is 0 Å². The van der Waals surface area contributed by atoms with Gasteiger partial charge in [-0.3, -0.25) is 0 Å². The van der Waals surface area contributed by atoms with Gasteiger partial charge in [-0.2, -0.15) is 0 Å². The predicted molar refractivity (Wildman–Crippen MR) is 71.5 cm³/mol. The topological polar surface area (TPSA) is 87.6 Å². The number of ether oxygens (including phenoxy) is 3. The van der Waals surface area contributed by atoms with Crippen LogP contribution in [0.1, 0.15) is 13.8 Å². The standard InChI is InChI=1S/C12H16N2O5S/c1-4-17-10(15)9(11(16)18-5-2)19-8-6-13-12(20-3)14-7-8/h6-7,9H,4-5H2,1-3H3. The molecule has 1 aromatic rings. The SMILES string of the molecule is CCOC(=O)C(Oc1cnc(SC)nc1)C(=O)OCC. The van der Waals surface area contributed by atoms with Crippen LogP contribution in [-0.2, 0) is 19.1 Å². The van der Waals surface area contributed by atoms with E-state index in [0.29, 0.717) is 5.16 Å². The van der Waals surface area contributed by atoms with Crippen molar-refractivity contribution < 1.29 is 23.8 Å². The molecule has 0 aliphatic carbocycles. The van der Waals surface area contributed by atoms with Gasteiger partial charge in [0.2, 0.25) is 0 Å². The number of rotatable bonds is 7. The second-order valence-corrected chi connectivity index (χ2v) is 4.18. The van der Waals surface area contributed by atoms with Crippen LogP contribution in [0.15, 0.2) is 17.6 Å². The van der Waals surface area contributed by atoms with E-state index in [0.717, 1.165) is 0 Å². The summed E-state index contributed by atoms with van der Waals surface area (Å²) in [5.41, 5.74) is 0. The van der Waals surface area contributed by atoms with Gasteiger partial charge in [-0.15, -0.1) is 0 Å². The van der Waals surface area contributed by atoms with Crippen LogP contribution in [0.3, 0.4) is 0 Å². The van der Waals surface area contributed by atoms with E-state index < -0.39 is 18.0 Å². The van der Waals surface area contributed by atoms with Crippen LogP contribution in [0.25, 0.3) is 0 Å². The summed E-state index contributed by atoms with van der Waals surface area (Å²) in [6.07, 6.45) is 3.11. The van der Waals surface area contributed by atoms with Crippen molar-refractivity contribution in [2.24, 2.45) is 0 Å². The zero-order valence-corrected chi connectivity index (χ0v) is 12.3. The van der Waals surface area contributed by atoms with E-state index in [-0.39, 0.29) is 19.0 Å². The Labute approximate surface area is 121 Å². The first-order valence-electron chi connectivity index (χ1n) is 5.98. The normalized spacial score (nSPS) is 10.2. The van der Waals surface area contributed by atoms with E-state index in [2.05, 4.69) is 9.97 Å². The summed E-state index contributed by atoms with van der Waals surface area (Å²) in [6, 6.07) is 0. The minimum absolute atomic E-state index is 0.139. The highest BCUT2D eigenvalue weighted by Gasteiger charge is 2.32. The Morgan fingerprint density at radius 1 is 1.15 bits per heavy atom. The van der Waals surface area contributed by atoms with Gasteiger partial charge in [0.15, 0.2) is 10.9 Å². The molecule has 0 saturated heterocycles. The molecule has 1 aromatic heterocycles. The highest BCUT2D eigenvalue weighted by molar-refractivity contribution is 7.98. The van der Waals surface area contributed by atoms with Gasteiger partial charge in [0.25, 0.3) is 6.10 Å². The quantitative estimate of drug-likeness (QED) is 0.320. The monoisotopic (exact) mass is 300 g/mol. The second kappa shape index (κ2) is 8.36. The maximum atomic E-state index is 11.7. The first kappa shape index (κ1) is 16.2. The molecule has 20 heavy (non-hydrogen) atoms. The van der Waals surface area contributed by atoms with Crippen LogP contribution in [0.4, 0.5) is 0 Å². The lowest BCUT2D eigenvalue weighted by molar-refractivity contribution is -0.166. The molecule has 1 rings (SSSR count). The van der Waals surface area contributed by atoms with Crippen LogP contribution in [0.2, 0.25) is 0 Å². The largest absolute Gasteiger partial charge is 0.464 e. The third kappa shape index (κ3) is 4.69. The van der Waals surface area contributed by atoms with E-state index in [1.165, 1.54) is 24.2 Å². The van der Waals surface area contributed by atoms with Crippen molar-refractivity contribution in [1.82, 2.24) is 9.97 Å². The molecule has 0 spiro atoms. The maximum Gasteiger partial charge on any atom is 0.359 e. The Hall–Kier alpha value is -1.83. The summed E-state index contributed by atoms with van der Waals surface area (Å²) in [6.45, 7) is 3.55. The molecule has 1 heterocycles. The molecule has 0 N–H and O–H groups in total. The number of hydrogen-bond acceptors (Lipinski definition) is 8. The van der Waals surface area contributed by atoms with E-state index in [1.54, 1.807) is 13.8 Å². The van der Waals surface area contributed by atoms with Gasteiger partial charge >= 0.3 is 11.9 Å². The van der Waals surface area contributed by atoms with Crippen molar-refractivity contribution in [2.45, 2.75) is 25.1 Å². The fourth-order valence-corrected chi connectivity index (χ4v) is 1.55. The van der Waals surface area contributed by atoms with Gasteiger partial charge in [-0.25, -0.2) is 19.6 Å². The molecule has 0 saturated carbocycles. The Morgan fingerprint density at radius 2 is 1.65 bits per heavy atom. The van der Waals surface area contributed by atoms with Crippen LogP contribution in [-0.4, -0.2) is 47.5 Å². The van der Waals surface area contributed by atoms with Crippen molar-refractivity contribution in [3.05, 3.63) is 12.4 Å². The minimum atomic E-state index is -1.47. The number of carbonyl (C=O) groups is 2. The van der Waals surface area contributed by atoms with E-state index >= 15 is 0 Å². The number of carbonyl (C=O) groups excluding carboxylic acids is 2. The van der Waals surface area contributed by atoms with Gasteiger partial charge in [-0.1, -0.05) is 11.8 Å². The molecule has 0 amide bonds. The Balaban J connectivity index is 2.81. The fourth-order valence-electron chi connectivity index (χ4n) is 1.24. The zero-order valence-electron chi connectivity index (χ0n) is 11.5. The summed E-state index contributed by atoms with van der Waals surface area (Å²) in [5, 5.41) is 0.557. The van der Waals surface area contributed by atoms with Crippen LogP contribution < -0.4 is 4.74 Å². The van der Waals surface area contributed by atoms with Crippen molar-refractivity contribution in [3.63, 3.8) is 0 Å². The van der Waals surface area contributed by atoms with Crippen LogP contribution in [0, 0.1) is 0 Å². The van der Waals surface area contributed by atoms with Gasteiger partial charge < -0.3 is 14.2 Å². The van der Waals surface area contributed by atoms with Crippen LogP contribution >= 0.6 is 11.8 Å². The fraction of sp³-hybridized carbons (Fsp3) is 0.500. The maximum absolute atomic E-state index is 11.7. The molecule has 110 valence electrons. The summed E-state index contributed by atoms with van der Waals surface area (Å²) in [5.74, 6) is -1.42. The number of aromatic nitrogens is 2. The van der Waals surface area contributed by atoms with Crippen molar-refractivity contribution in [3.8, 4) is 5.75 Å². The first-order valence-corrected chi connectivity index (χ1v) is 7.20. The van der Waals surface area contributed by atoms with E-state index in [4.69, 9.17) is 14.2 Å². The number of hydrogen-bond donors (Lipinski definition) is 0. The van der Waals surface area contributed by atoms with Gasteiger partial charge in [-0.05, 0) is 20.1 Å². The molecule has 0 unspecified atom stereocenters. The average Bonchev–Trinajstić information content (AvgIpc) is 2.45. The second-order valence-electron chi connectivity index (χ2n) is 3.41. The molecular weight excluding hydrogens is 284 g/mol. The van der Waals surface area contributed by atoms with Gasteiger partial charge in [0, 0.05) is 0 Å².